The predicted octanol–water partition coefficient (Wildman–Crippen LogP) is -0.195. The van der Waals surface area contributed by atoms with Gasteiger partial charge < -0.3 is 20.8 Å². The van der Waals surface area contributed by atoms with Gasteiger partial charge in [-0.05, 0) is 24.1 Å². The molecular formula is C12H16N2O4. The predicted molar refractivity (Wildman–Crippen MR) is 65.1 cm³/mol. The van der Waals surface area contributed by atoms with E-state index < -0.39 is 17.9 Å². The van der Waals surface area contributed by atoms with E-state index in [0.29, 0.717) is 6.42 Å². The molecule has 0 aliphatic heterocycles. The van der Waals surface area contributed by atoms with E-state index in [4.69, 9.17) is 15.9 Å². The lowest BCUT2D eigenvalue weighted by Gasteiger charge is -2.19. The molecule has 6 heteroatoms. The summed E-state index contributed by atoms with van der Waals surface area (Å²) in [6.07, 6.45) is 0.295. The highest BCUT2D eigenvalue weighted by molar-refractivity contribution is 5.85. The maximum absolute atomic E-state index is 11.7. The standard InChI is InChI=1S/C12H16N2O4/c1-14(7-11(16)17)12(18)10(13)6-8-2-4-9(15)5-3-8/h2-5,10,15H,6-7,13H2,1H3,(H,16,17). The molecule has 0 heterocycles. The molecule has 0 saturated carbocycles. The number of benzene rings is 1. The van der Waals surface area contributed by atoms with Crippen LogP contribution in [0, 0.1) is 0 Å². The minimum absolute atomic E-state index is 0.140. The molecule has 0 aliphatic rings. The van der Waals surface area contributed by atoms with Crippen LogP contribution in [0.5, 0.6) is 5.75 Å². The number of nitrogens with zero attached hydrogens (tertiary/aromatic N) is 1. The number of likely N-dealkylation sites (N-methyl/N-ethyl adjacent to an activating group) is 1. The number of nitrogens with two attached hydrogens (primary N) is 1. The third-order valence-corrected chi connectivity index (χ3v) is 2.46. The first kappa shape index (κ1) is 14.0. The fourth-order valence-corrected chi connectivity index (χ4v) is 1.54. The summed E-state index contributed by atoms with van der Waals surface area (Å²) in [6.45, 7) is -0.373. The maximum Gasteiger partial charge on any atom is 0.323 e. The molecule has 1 rings (SSSR count). The summed E-state index contributed by atoms with van der Waals surface area (Å²) in [5, 5.41) is 17.7. The first-order valence-electron chi connectivity index (χ1n) is 5.40. The van der Waals surface area contributed by atoms with Crippen LogP contribution in [0.4, 0.5) is 0 Å². The molecule has 18 heavy (non-hydrogen) atoms. The number of aliphatic carboxylic acids is 1. The molecule has 0 aromatic heterocycles. The van der Waals surface area contributed by atoms with Gasteiger partial charge in [0.1, 0.15) is 12.3 Å². The van der Waals surface area contributed by atoms with E-state index in [1.807, 2.05) is 0 Å². The summed E-state index contributed by atoms with van der Waals surface area (Å²) in [7, 11) is 1.40. The number of aromatic hydroxyl groups is 1. The smallest absolute Gasteiger partial charge is 0.323 e. The van der Waals surface area contributed by atoms with Crippen molar-refractivity contribution < 1.29 is 19.8 Å². The Bertz CT molecular complexity index is 430. The summed E-state index contributed by atoms with van der Waals surface area (Å²) in [6, 6.07) is 5.55. The number of phenolic OH excluding ortho intramolecular Hbond substituents is 1. The lowest BCUT2D eigenvalue weighted by atomic mass is 10.1. The van der Waals surface area contributed by atoms with Gasteiger partial charge in [-0.1, -0.05) is 12.1 Å². The molecule has 0 fully saturated rings. The van der Waals surface area contributed by atoms with Crippen molar-refractivity contribution in [1.29, 1.82) is 0 Å². The molecule has 0 spiro atoms. The van der Waals surface area contributed by atoms with Crippen molar-refractivity contribution in [3.63, 3.8) is 0 Å². The highest BCUT2D eigenvalue weighted by atomic mass is 16.4. The lowest BCUT2D eigenvalue weighted by Crippen LogP contribution is -2.44. The van der Waals surface area contributed by atoms with Crippen molar-refractivity contribution in [3.05, 3.63) is 29.8 Å². The quantitative estimate of drug-likeness (QED) is 0.673. The van der Waals surface area contributed by atoms with E-state index >= 15 is 0 Å². The van der Waals surface area contributed by atoms with Gasteiger partial charge in [0.2, 0.25) is 5.91 Å². The zero-order valence-corrected chi connectivity index (χ0v) is 10.0. The van der Waals surface area contributed by atoms with Crippen LogP contribution in [0.1, 0.15) is 5.56 Å². The first-order chi connectivity index (χ1) is 8.40. The average molecular weight is 252 g/mol. The van der Waals surface area contributed by atoms with Crippen LogP contribution in [-0.4, -0.2) is 46.6 Å². The number of carboxylic acid groups (broad SMARTS) is 1. The zero-order valence-electron chi connectivity index (χ0n) is 10.0. The van der Waals surface area contributed by atoms with Gasteiger partial charge in [-0.15, -0.1) is 0 Å². The van der Waals surface area contributed by atoms with E-state index in [-0.39, 0.29) is 12.3 Å². The molecule has 4 N–H and O–H groups in total. The Morgan fingerprint density at radius 1 is 1.33 bits per heavy atom. The number of carbonyl (C=O) groups excluding carboxylic acids is 1. The summed E-state index contributed by atoms with van der Waals surface area (Å²) < 4.78 is 0. The Balaban J connectivity index is 2.59. The van der Waals surface area contributed by atoms with Gasteiger partial charge in [0.25, 0.3) is 0 Å². The monoisotopic (exact) mass is 252 g/mol. The number of rotatable bonds is 5. The van der Waals surface area contributed by atoms with E-state index in [0.717, 1.165) is 10.5 Å². The van der Waals surface area contributed by atoms with Crippen molar-refractivity contribution in [2.24, 2.45) is 5.73 Å². The molecule has 1 aromatic carbocycles. The molecule has 1 atom stereocenters. The third-order valence-electron chi connectivity index (χ3n) is 2.46. The third kappa shape index (κ3) is 4.06. The van der Waals surface area contributed by atoms with Gasteiger partial charge in [-0.2, -0.15) is 0 Å². The molecule has 0 radical (unpaired) electrons. The number of hydrogen-bond acceptors (Lipinski definition) is 4. The minimum Gasteiger partial charge on any atom is -0.508 e. The van der Waals surface area contributed by atoms with Gasteiger partial charge in [0.15, 0.2) is 0 Å². The SMILES string of the molecule is CN(CC(=O)O)C(=O)C(N)Cc1ccc(O)cc1. The first-order valence-corrected chi connectivity index (χ1v) is 5.40. The lowest BCUT2D eigenvalue weighted by molar-refractivity contribution is -0.143. The molecule has 6 nitrogen and oxygen atoms in total. The minimum atomic E-state index is -1.08. The van der Waals surface area contributed by atoms with E-state index in [9.17, 15) is 9.59 Å². The zero-order chi connectivity index (χ0) is 13.7. The van der Waals surface area contributed by atoms with Crippen molar-refractivity contribution in [1.82, 2.24) is 4.90 Å². The van der Waals surface area contributed by atoms with Crippen LogP contribution in [0.15, 0.2) is 24.3 Å². The van der Waals surface area contributed by atoms with Crippen LogP contribution in [0.25, 0.3) is 0 Å². The van der Waals surface area contributed by atoms with Gasteiger partial charge in [0, 0.05) is 7.05 Å². The summed E-state index contributed by atoms with van der Waals surface area (Å²) in [5.41, 5.74) is 6.52. The molecule has 0 bridgehead atoms. The molecule has 0 saturated heterocycles. The Morgan fingerprint density at radius 3 is 2.39 bits per heavy atom. The Hall–Kier alpha value is -2.08. The van der Waals surface area contributed by atoms with E-state index in [2.05, 4.69) is 0 Å². The molecule has 1 amide bonds. The molecule has 1 unspecified atom stereocenters. The number of hydrogen-bond donors (Lipinski definition) is 3. The number of carboxylic acids is 1. The highest BCUT2D eigenvalue weighted by Gasteiger charge is 2.19. The normalized spacial score (nSPS) is 11.9. The molecule has 1 aromatic rings. The number of amides is 1. The van der Waals surface area contributed by atoms with Crippen LogP contribution < -0.4 is 5.73 Å². The van der Waals surface area contributed by atoms with Crippen molar-refractivity contribution >= 4 is 11.9 Å². The maximum atomic E-state index is 11.7. The topological polar surface area (TPSA) is 104 Å². The Kier molecular flexibility index (Phi) is 4.67. The number of carbonyl (C=O) groups is 2. The van der Waals surface area contributed by atoms with Gasteiger partial charge in [0.05, 0.1) is 6.04 Å². The van der Waals surface area contributed by atoms with Gasteiger partial charge in [-0.25, -0.2) is 0 Å². The largest absolute Gasteiger partial charge is 0.508 e. The van der Waals surface area contributed by atoms with Crippen LogP contribution >= 0.6 is 0 Å². The molecule has 98 valence electrons. The van der Waals surface area contributed by atoms with Crippen LogP contribution in [0.3, 0.4) is 0 Å². The fraction of sp³-hybridized carbons (Fsp3) is 0.333. The Labute approximate surface area is 105 Å². The van der Waals surface area contributed by atoms with Crippen LogP contribution in [0.2, 0.25) is 0 Å². The average Bonchev–Trinajstić information content (AvgIpc) is 2.30. The van der Waals surface area contributed by atoms with Crippen molar-refractivity contribution in [2.45, 2.75) is 12.5 Å². The van der Waals surface area contributed by atoms with Crippen LogP contribution in [-0.2, 0) is 16.0 Å². The van der Waals surface area contributed by atoms with Crippen molar-refractivity contribution in [2.75, 3.05) is 13.6 Å². The fourth-order valence-electron chi connectivity index (χ4n) is 1.54. The van der Waals surface area contributed by atoms with E-state index in [1.165, 1.54) is 19.2 Å². The van der Waals surface area contributed by atoms with Crippen molar-refractivity contribution in [3.8, 4) is 5.75 Å². The summed E-state index contributed by atoms with van der Waals surface area (Å²) in [5.74, 6) is -1.37. The van der Waals surface area contributed by atoms with E-state index in [1.54, 1.807) is 12.1 Å². The van der Waals surface area contributed by atoms with Gasteiger partial charge in [-0.3, -0.25) is 9.59 Å². The summed E-state index contributed by atoms with van der Waals surface area (Å²) in [4.78, 5) is 23.3. The number of phenols is 1. The van der Waals surface area contributed by atoms with Gasteiger partial charge >= 0.3 is 5.97 Å². The highest BCUT2D eigenvalue weighted by Crippen LogP contribution is 2.11. The Morgan fingerprint density at radius 2 is 1.89 bits per heavy atom. The molecule has 0 aliphatic carbocycles. The second-order valence-electron chi connectivity index (χ2n) is 4.07. The second-order valence-corrected chi connectivity index (χ2v) is 4.07. The second kappa shape index (κ2) is 6.02. The summed E-state index contributed by atoms with van der Waals surface area (Å²) >= 11 is 0. The molecular weight excluding hydrogens is 236 g/mol.